The van der Waals surface area contributed by atoms with E-state index in [4.69, 9.17) is 10.1 Å². The molecular formula is C28H25F2N7O. The number of benzene rings is 1. The van der Waals surface area contributed by atoms with Crippen molar-refractivity contribution in [2.75, 3.05) is 17.2 Å². The van der Waals surface area contributed by atoms with E-state index in [1.807, 2.05) is 6.07 Å². The van der Waals surface area contributed by atoms with E-state index in [0.29, 0.717) is 39.5 Å². The zero-order valence-electron chi connectivity index (χ0n) is 20.9. The van der Waals surface area contributed by atoms with Gasteiger partial charge in [0, 0.05) is 23.9 Å². The third kappa shape index (κ3) is 4.34. The molecule has 38 heavy (non-hydrogen) atoms. The van der Waals surface area contributed by atoms with Crippen molar-refractivity contribution >= 4 is 28.6 Å². The highest BCUT2D eigenvalue weighted by molar-refractivity contribution is 6.06. The van der Waals surface area contributed by atoms with Crippen LogP contribution in [0.4, 0.5) is 20.4 Å². The first kappa shape index (κ1) is 24.9. The van der Waals surface area contributed by atoms with Gasteiger partial charge in [-0.15, -0.1) is 0 Å². The molecule has 0 bridgehead atoms. The van der Waals surface area contributed by atoms with Gasteiger partial charge in [-0.3, -0.25) is 4.79 Å². The molecule has 0 unspecified atom stereocenters. The van der Waals surface area contributed by atoms with E-state index in [0.717, 1.165) is 0 Å². The van der Waals surface area contributed by atoms with Crippen LogP contribution in [0.2, 0.25) is 0 Å². The van der Waals surface area contributed by atoms with Crippen LogP contribution in [0.5, 0.6) is 0 Å². The van der Waals surface area contributed by atoms with Crippen molar-refractivity contribution < 1.29 is 13.6 Å². The summed E-state index contributed by atoms with van der Waals surface area (Å²) in [6.07, 6.45) is 4.60. The Labute approximate surface area is 217 Å². The summed E-state index contributed by atoms with van der Waals surface area (Å²) >= 11 is 0. The van der Waals surface area contributed by atoms with Crippen LogP contribution < -0.4 is 10.6 Å². The van der Waals surface area contributed by atoms with E-state index in [1.54, 1.807) is 49.0 Å². The Morgan fingerprint density at radius 1 is 1.21 bits per heavy atom. The average Bonchev–Trinajstić information content (AvgIpc) is 3.36. The van der Waals surface area contributed by atoms with Crippen molar-refractivity contribution in [3.05, 3.63) is 96.2 Å². The number of nitrogens with zero attached hydrogens (tertiary/aromatic N) is 5. The summed E-state index contributed by atoms with van der Waals surface area (Å²) in [7, 11) is 0. The third-order valence-electron chi connectivity index (χ3n) is 6.44. The Bertz CT molecular complexity index is 1640. The molecule has 4 aromatic rings. The quantitative estimate of drug-likeness (QED) is 0.310. The largest absolute Gasteiger partial charge is 0.365 e. The number of amides is 1. The zero-order valence-corrected chi connectivity index (χ0v) is 20.9. The molecule has 192 valence electrons. The van der Waals surface area contributed by atoms with Crippen LogP contribution in [-0.4, -0.2) is 37.2 Å². The first-order valence-corrected chi connectivity index (χ1v) is 11.9. The topological polar surface area (TPSA) is 97.6 Å². The maximum absolute atomic E-state index is 14.4. The maximum atomic E-state index is 14.4. The maximum Gasteiger partial charge on any atom is 0.235 e. The number of rotatable bonds is 8. The molecule has 1 amide bonds. The minimum atomic E-state index is -0.931. The normalized spacial score (nSPS) is 14.3. The minimum absolute atomic E-state index is 0.0541. The summed E-state index contributed by atoms with van der Waals surface area (Å²) in [5, 5.41) is 11.3. The summed E-state index contributed by atoms with van der Waals surface area (Å²) in [4.78, 5) is 26.6. The number of hydrogen-bond acceptors (Lipinski definition) is 6. The number of halogens is 2. The fourth-order valence-electron chi connectivity index (χ4n) is 4.39. The summed E-state index contributed by atoms with van der Waals surface area (Å²) in [5.41, 5.74) is 1.30. The van der Waals surface area contributed by atoms with Crippen LogP contribution in [-0.2, 0) is 16.8 Å². The van der Waals surface area contributed by atoms with Crippen molar-refractivity contribution in [1.29, 1.82) is 0 Å². The number of carbonyl (C=O) groups is 1. The van der Waals surface area contributed by atoms with Crippen molar-refractivity contribution in [1.82, 2.24) is 24.7 Å². The number of aromatic nitrogens is 5. The Hall–Kier alpha value is -4.73. The molecule has 1 aromatic carbocycles. The van der Waals surface area contributed by atoms with E-state index < -0.39 is 11.2 Å². The summed E-state index contributed by atoms with van der Waals surface area (Å²) < 4.78 is 30.0. The van der Waals surface area contributed by atoms with Gasteiger partial charge in [-0.1, -0.05) is 43.5 Å². The van der Waals surface area contributed by atoms with E-state index in [9.17, 15) is 13.6 Å². The van der Waals surface area contributed by atoms with Crippen LogP contribution in [0.1, 0.15) is 25.0 Å². The smallest absolute Gasteiger partial charge is 0.235 e. The van der Waals surface area contributed by atoms with Gasteiger partial charge in [-0.25, -0.2) is 28.4 Å². The lowest BCUT2D eigenvalue weighted by Gasteiger charge is -2.19. The Kier molecular flexibility index (Phi) is 6.31. The van der Waals surface area contributed by atoms with Gasteiger partial charge in [0.05, 0.1) is 22.9 Å². The Balaban J connectivity index is 1.64. The third-order valence-corrected chi connectivity index (χ3v) is 6.44. The molecule has 10 heteroatoms. The van der Waals surface area contributed by atoms with Gasteiger partial charge in [-0.2, -0.15) is 5.10 Å². The van der Waals surface area contributed by atoms with E-state index in [-0.39, 0.29) is 36.2 Å². The molecule has 8 nitrogen and oxygen atoms in total. The van der Waals surface area contributed by atoms with Crippen LogP contribution in [0, 0.1) is 5.82 Å². The van der Waals surface area contributed by atoms with Crippen LogP contribution in [0.25, 0.3) is 22.6 Å². The summed E-state index contributed by atoms with van der Waals surface area (Å²) in [5.74, 6) is -0.289. The fourth-order valence-corrected chi connectivity index (χ4v) is 4.39. The Morgan fingerprint density at radius 3 is 2.74 bits per heavy atom. The van der Waals surface area contributed by atoms with Crippen molar-refractivity contribution in [3.63, 3.8) is 0 Å². The number of pyridine rings is 1. The van der Waals surface area contributed by atoms with E-state index in [2.05, 4.69) is 33.8 Å². The number of anilines is 2. The molecule has 0 fully saturated rings. The van der Waals surface area contributed by atoms with E-state index in [1.165, 1.54) is 18.2 Å². The van der Waals surface area contributed by atoms with Gasteiger partial charge in [0.1, 0.15) is 29.0 Å². The summed E-state index contributed by atoms with van der Waals surface area (Å²) in [6.45, 7) is 10.7. The number of allylic oxidation sites excluding steroid dienone is 2. The van der Waals surface area contributed by atoms with Gasteiger partial charge in [0.2, 0.25) is 5.91 Å². The molecule has 5 rings (SSSR count). The molecule has 0 aliphatic carbocycles. The molecule has 2 N–H and O–H groups in total. The molecule has 0 saturated heterocycles. The van der Waals surface area contributed by atoms with Crippen molar-refractivity contribution in [2.24, 2.45) is 0 Å². The Morgan fingerprint density at radius 2 is 2.00 bits per heavy atom. The number of carbonyl (C=O) groups excluding carboxylic acids is 1. The molecule has 3 aromatic heterocycles. The first-order valence-electron chi connectivity index (χ1n) is 11.9. The molecule has 4 heterocycles. The standard InChI is InChI=1S/C28H25F2N7O/c1-5-9-17(16(2)29)14-32-23-21-24(35-27(38)28(21,3)4)34-25(33-23)22-19-11-8-13-31-26(19)37(36-22)15-18-10-6-7-12-20(18)30/h5-13H,1-2,14-15H2,3-4H3,(H2,32,33,34,35,38)/b17-9-. The molecule has 0 saturated carbocycles. The number of hydrogen-bond donors (Lipinski definition) is 2. The zero-order chi connectivity index (χ0) is 27.0. The molecule has 1 aliphatic rings. The molecule has 0 radical (unpaired) electrons. The van der Waals surface area contributed by atoms with Gasteiger partial charge in [0.25, 0.3) is 0 Å². The van der Waals surface area contributed by atoms with E-state index >= 15 is 0 Å². The second-order valence-electron chi connectivity index (χ2n) is 9.36. The first-order chi connectivity index (χ1) is 18.2. The lowest BCUT2D eigenvalue weighted by molar-refractivity contribution is -0.119. The van der Waals surface area contributed by atoms with Gasteiger partial charge >= 0.3 is 0 Å². The van der Waals surface area contributed by atoms with Gasteiger partial charge < -0.3 is 10.6 Å². The highest BCUT2D eigenvalue weighted by Crippen LogP contribution is 2.42. The minimum Gasteiger partial charge on any atom is -0.365 e. The predicted molar refractivity (Wildman–Crippen MR) is 143 cm³/mol. The molecular weight excluding hydrogens is 488 g/mol. The van der Waals surface area contributed by atoms with Gasteiger partial charge in [0.15, 0.2) is 11.5 Å². The monoisotopic (exact) mass is 513 g/mol. The van der Waals surface area contributed by atoms with Crippen molar-refractivity contribution in [2.45, 2.75) is 25.8 Å². The second-order valence-corrected chi connectivity index (χ2v) is 9.36. The van der Waals surface area contributed by atoms with Crippen LogP contribution in [0.3, 0.4) is 0 Å². The molecule has 0 spiro atoms. The predicted octanol–water partition coefficient (Wildman–Crippen LogP) is 5.31. The fraction of sp³-hybridized carbons (Fsp3) is 0.179. The molecule has 0 atom stereocenters. The molecule has 1 aliphatic heterocycles. The SMILES string of the molecule is C=C/C=C(/CNc1nc(-c2nn(Cc3ccccc3F)c3ncccc23)nc2c1C(C)(C)C(=O)N2)C(=C)F. The lowest BCUT2D eigenvalue weighted by atomic mass is 9.87. The van der Waals surface area contributed by atoms with Crippen LogP contribution >= 0.6 is 0 Å². The highest BCUT2D eigenvalue weighted by atomic mass is 19.1. The van der Waals surface area contributed by atoms with Gasteiger partial charge in [-0.05, 0) is 32.0 Å². The number of fused-ring (bicyclic) bond motifs is 2. The lowest BCUT2D eigenvalue weighted by Crippen LogP contribution is -2.28. The van der Waals surface area contributed by atoms with Crippen molar-refractivity contribution in [3.8, 4) is 11.5 Å². The highest BCUT2D eigenvalue weighted by Gasteiger charge is 2.43. The second kappa shape index (κ2) is 9.62. The summed E-state index contributed by atoms with van der Waals surface area (Å²) in [6, 6.07) is 10.0. The number of nitrogens with one attached hydrogen (secondary N) is 2. The van der Waals surface area contributed by atoms with Crippen LogP contribution in [0.15, 0.2) is 79.3 Å². The average molecular weight is 514 g/mol.